The van der Waals surface area contributed by atoms with Crippen LogP contribution < -0.4 is 20.1 Å². The third-order valence-electron chi connectivity index (χ3n) is 9.30. The smallest absolute Gasteiger partial charge is 0.407 e. The minimum absolute atomic E-state index is 0.0626. The van der Waals surface area contributed by atoms with E-state index in [9.17, 15) is 27.6 Å². The van der Waals surface area contributed by atoms with Gasteiger partial charge in [0.25, 0.3) is 5.91 Å². The molecule has 1 saturated heterocycles. The van der Waals surface area contributed by atoms with Crippen LogP contribution in [0.2, 0.25) is 0 Å². The van der Waals surface area contributed by atoms with Gasteiger partial charge in [0.05, 0.1) is 31.7 Å². The Morgan fingerprint density at radius 3 is 2.71 bits per heavy atom. The molecule has 1 aromatic carbocycles. The number of amides is 4. The van der Waals surface area contributed by atoms with Gasteiger partial charge in [-0.15, -0.1) is 6.58 Å². The lowest BCUT2D eigenvalue weighted by Crippen LogP contribution is -2.58. The highest BCUT2D eigenvalue weighted by Gasteiger charge is 2.62. The fourth-order valence-corrected chi connectivity index (χ4v) is 7.63. The van der Waals surface area contributed by atoms with Crippen molar-refractivity contribution in [3.63, 3.8) is 0 Å². The molecule has 1 unspecified atom stereocenters. The first-order chi connectivity index (χ1) is 23.0. The first-order valence-corrected chi connectivity index (χ1v) is 18.2. The van der Waals surface area contributed by atoms with E-state index in [-0.39, 0.29) is 32.6 Å². The molecule has 2 saturated carbocycles. The number of carbonyl (C=O) groups excluding carboxylic acids is 4. The van der Waals surface area contributed by atoms with E-state index in [1.54, 1.807) is 7.11 Å². The van der Waals surface area contributed by atoms with Gasteiger partial charge in [-0.3, -0.25) is 19.1 Å². The van der Waals surface area contributed by atoms with E-state index in [2.05, 4.69) is 21.9 Å². The Labute approximate surface area is 281 Å². The number of hydrogen-bond donors (Lipinski definition) is 3. The molecule has 0 spiro atoms. The second-order valence-electron chi connectivity index (χ2n) is 13.0. The van der Waals surface area contributed by atoms with Crippen molar-refractivity contribution >= 4 is 39.9 Å². The lowest BCUT2D eigenvalue weighted by Gasteiger charge is -2.29. The Morgan fingerprint density at radius 1 is 1.23 bits per heavy atom. The minimum Gasteiger partial charge on any atom is -0.497 e. The number of alkyl carbamates (subject to hydrolysis) is 1. The predicted octanol–water partition coefficient (Wildman–Crippen LogP) is 2.94. The van der Waals surface area contributed by atoms with E-state index in [0.717, 1.165) is 17.5 Å². The highest BCUT2D eigenvalue weighted by Crippen LogP contribution is 2.45. The molecule has 4 amide bonds. The maximum Gasteiger partial charge on any atom is 0.407 e. The van der Waals surface area contributed by atoms with Crippen LogP contribution in [0, 0.1) is 5.92 Å². The number of fused-ring (bicyclic) bond motifs is 4. The van der Waals surface area contributed by atoms with E-state index >= 15 is 0 Å². The Balaban J connectivity index is 1.41. The molecule has 2 heterocycles. The van der Waals surface area contributed by atoms with Crippen LogP contribution in [0.1, 0.15) is 75.8 Å². The van der Waals surface area contributed by atoms with Gasteiger partial charge in [0.2, 0.25) is 21.8 Å². The molecule has 14 heteroatoms. The van der Waals surface area contributed by atoms with Crippen molar-refractivity contribution in [2.75, 3.05) is 20.3 Å². The maximum absolute atomic E-state index is 14.1. The van der Waals surface area contributed by atoms with Crippen molar-refractivity contribution in [1.29, 1.82) is 0 Å². The molecule has 4 bridgehead atoms. The number of unbranched alkanes of at least 4 members (excludes halogenated alkanes) is 1. The van der Waals surface area contributed by atoms with Crippen molar-refractivity contribution in [3.8, 4) is 5.75 Å². The lowest BCUT2D eigenvalue weighted by molar-refractivity contribution is -0.141. The topological polar surface area (TPSA) is 169 Å². The number of nitrogens with one attached hydrogen (secondary N) is 3. The van der Waals surface area contributed by atoms with Gasteiger partial charge in [0.15, 0.2) is 0 Å². The maximum atomic E-state index is 14.1. The molecule has 5 atom stereocenters. The number of carbonyl (C=O) groups is 4. The summed E-state index contributed by atoms with van der Waals surface area (Å²) in [6.07, 6.45) is 8.42. The third kappa shape index (κ3) is 8.38. The average molecular weight is 687 g/mol. The van der Waals surface area contributed by atoms with E-state index in [1.165, 1.54) is 11.0 Å². The number of cyclic esters (lactones) is 1. The summed E-state index contributed by atoms with van der Waals surface area (Å²) in [4.78, 5) is 55.6. The van der Waals surface area contributed by atoms with Crippen LogP contribution in [-0.2, 0) is 40.5 Å². The molecule has 0 aromatic heterocycles. The van der Waals surface area contributed by atoms with Crippen LogP contribution >= 0.6 is 0 Å². The summed E-state index contributed by atoms with van der Waals surface area (Å²) in [6.45, 7) is 6.13. The van der Waals surface area contributed by atoms with Crippen LogP contribution in [0.4, 0.5) is 4.79 Å². The first-order valence-electron chi connectivity index (χ1n) is 16.7. The van der Waals surface area contributed by atoms with Gasteiger partial charge in [0.1, 0.15) is 23.4 Å². The average Bonchev–Trinajstić information content (AvgIpc) is 3.99. The molecule has 262 valence electrons. The monoisotopic (exact) mass is 686 g/mol. The standard InChI is InChI=1S/C34H46N4O9S/c1-4-6-11-28-31(40)38-20-26(47-21-23-15-22(16-25(17-23)45-3)10-8-7-9-14-46-33(42)35-28)18-29(38)30(39)36-34(19-24(34)5-2)32(41)37-48(43,44)27-12-13-27/h5,8,10,15-17,24,26-29H,2,4,6-7,9,11-14,18-21H2,1,3H3,(H,35,42)(H,36,39)(H,37,41)/b10-8+/t24-,26?,28-,29-,34+/m0/s1. The molecule has 13 nitrogen and oxygen atoms in total. The summed E-state index contributed by atoms with van der Waals surface area (Å²) in [5, 5.41) is 4.87. The minimum atomic E-state index is -3.86. The van der Waals surface area contributed by atoms with Crippen molar-refractivity contribution in [2.24, 2.45) is 5.92 Å². The molecule has 3 fully saturated rings. The Hall–Kier alpha value is -3.91. The largest absolute Gasteiger partial charge is 0.497 e. The lowest BCUT2D eigenvalue weighted by atomic mass is 10.1. The van der Waals surface area contributed by atoms with Gasteiger partial charge in [-0.2, -0.15) is 0 Å². The van der Waals surface area contributed by atoms with Gasteiger partial charge in [-0.1, -0.05) is 38.0 Å². The highest BCUT2D eigenvalue weighted by atomic mass is 32.2. The van der Waals surface area contributed by atoms with Crippen LogP contribution in [0.3, 0.4) is 0 Å². The van der Waals surface area contributed by atoms with E-state index in [4.69, 9.17) is 14.2 Å². The number of ether oxygens (including phenoxy) is 3. The molecule has 0 radical (unpaired) electrons. The molecule has 4 aliphatic rings. The van der Waals surface area contributed by atoms with E-state index in [1.807, 2.05) is 37.3 Å². The van der Waals surface area contributed by atoms with Crippen LogP contribution in [0.15, 0.2) is 36.9 Å². The number of rotatable bonds is 10. The predicted molar refractivity (Wildman–Crippen MR) is 177 cm³/mol. The molecule has 3 N–H and O–H groups in total. The SMILES string of the molecule is C=C[C@H]1C[C@]1(NC(=O)[C@@H]1CC2CN1C(=O)[C@H](CCCC)NC(=O)OCCC/C=C/c1cc(cc(OC)c1)CO2)C(=O)NS(=O)(=O)C1CC1. The van der Waals surface area contributed by atoms with Crippen LogP contribution in [0.5, 0.6) is 5.75 Å². The number of hydrogen-bond acceptors (Lipinski definition) is 9. The third-order valence-corrected chi connectivity index (χ3v) is 11.1. The van der Waals surface area contributed by atoms with E-state index < -0.39 is 68.7 Å². The molecule has 1 aromatic rings. The van der Waals surface area contributed by atoms with Crippen LogP contribution in [0.25, 0.3) is 6.08 Å². The van der Waals surface area contributed by atoms with E-state index in [0.29, 0.717) is 44.3 Å². The number of allylic oxidation sites excluding steroid dienone is 1. The van der Waals surface area contributed by atoms with Gasteiger partial charge >= 0.3 is 6.09 Å². The van der Waals surface area contributed by atoms with Gasteiger partial charge < -0.3 is 29.7 Å². The second kappa shape index (κ2) is 15.1. The molecule has 48 heavy (non-hydrogen) atoms. The van der Waals surface area contributed by atoms with Crippen LogP contribution in [-0.4, -0.2) is 86.4 Å². The molecule has 2 aliphatic heterocycles. The van der Waals surface area contributed by atoms with Crippen molar-refractivity contribution < 1.29 is 41.8 Å². The highest BCUT2D eigenvalue weighted by molar-refractivity contribution is 7.91. The van der Waals surface area contributed by atoms with Gasteiger partial charge in [0, 0.05) is 18.9 Å². The quantitative estimate of drug-likeness (QED) is 0.313. The zero-order valence-corrected chi connectivity index (χ0v) is 28.4. The normalized spacial score (nSPS) is 28.6. The summed E-state index contributed by atoms with van der Waals surface area (Å²) in [7, 11) is -2.28. The molecular formula is C34H46N4O9S. The number of sulfonamides is 1. The zero-order valence-electron chi connectivity index (χ0n) is 27.6. The summed E-state index contributed by atoms with van der Waals surface area (Å²) >= 11 is 0. The summed E-state index contributed by atoms with van der Waals surface area (Å²) < 4.78 is 44.5. The fraction of sp³-hybridized carbons (Fsp3) is 0.588. The van der Waals surface area contributed by atoms with Crippen molar-refractivity contribution in [3.05, 3.63) is 48.1 Å². The van der Waals surface area contributed by atoms with Gasteiger partial charge in [-0.05, 0) is 67.9 Å². The zero-order chi connectivity index (χ0) is 34.5. The molecular weight excluding hydrogens is 640 g/mol. The second-order valence-corrected chi connectivity index (χ2v) is 15.0. The van der Waals surface area contributed by atoms with Crippen molar-refractivity contribution in [1.82, 2.24) is 20.3 Å². The summed E-state index contributed by atoms with van der Waals surface area (Å²) in [5.74, 6) is -1.74. The first kappa shape index (κ1) is 35.4. The molecule has 5 rings (SSSR count). The number of benzene rings is 1. The fourth-order valence-electron chi connectivity index (χ4n) is 6.26. The van der Waals surface area contributed by atoms with Gasteiger partial charge in [-0.25, -0.2) is 13.2 Å². The summed E-state index contributed by atoms with van der Waals surface area (Å²) in [6, 6.07) is 3.73. The number of nitrogens with zero attached hydrogens (tertiary/aromatic N) is 1. The Bertz CT molecular complexity index is 1540. The molecule has 2 aliphatic carbocycles. The summed E-state index contributed by atoms with van der Waals surface area (Å²) in [5.41, 5.74) is 0.242. The Kier molecular flexibility index (Phi) is 11.1. The number of methoxy groups -OCH3 is 1. The Morgan fingerprint density at radius 2 is 2.02 bits per heavy atom. The van der Waals surface area contributed by atoms with Crippen molar-refractivity contribution in [2.45, 2.75) is 100 Å².